The Bertz CT molecular complexity index is 1150. The van der Waals surface area contributed by atoms with Crippen LogP contribution in [0.2, 0.25) is 0 Å². The van der Waals surface area contributed by atoms with Gasteiger partial charge in [0, 0.05) is 12.1 Å². The van der Waals surface area contributed by atoms with Crippen molar-refractivity contribution in [3.8, 4) is 22.4 Å². The second-order valence-electron chi connectivity index (χ2n) is 7.34. The molecule has 1 aromatic heterocycles. The van der Waals surface area contributed by atoms with Crippen LogP contribution in [0.5, 0.6) is 0 Å². The van der Waals surface area contributed by atoms with Crippen molar-refractivity contribution in [3.05, 3.63) is 89.6 Å². The Morgan fingerprint density at radius 2 is 1.54 bits per heavy atom. The van der Waals surface area contributed by atoms with E-state index in [2.05, 4.69) is 91.5 Å². The van der Waals surface area contributed by atoms with Crippen LogP contribution in [-0.2, 0) is 19.9 Å². The predicted molar refractivity (Wildman–Crippen MR) is 108 cm³/mol. The molecule has 126 valence electrons. The van der Waals surface area contributed by atoms with E-state index in [1.807, 2.05) is 0 Å². The highest BCUT2D eigenvalue weighted by molar-refractivity contribution is 5.92. The smallest absolute Gasteiger partial charge is 0.201 e. The summed E-state index contributed by atoms with van der Waals surface area (Å²) in [6.45, 7) is 2.23. The monoisotopic (exact) mass is 336 g/mol. The van der Waals surface area contributed by atoms with E-state index >= 15 is 0 Å². The Labute approximate surface area is 154 Å². The summed E-state index contributed by atoms with van der Waals surface area (Å²) in [7, 11) is 2.14. The van der Waals surface area contributed by atoms with Gasteiger partial charge in [0.25, 0.3) is 0 Å². The van der Waals surface area contributed by atoms with Crippen LogP contribution in [0.4, 0.5) is 0 Å². The molecule has 0 saturated carbocycles. The number of nitrogens with zero attached hydrogens (tertiary/aromatic N) is 1. The third kappa shape index (κ3) is 2.28. The third-order valence-corrected chi connectivity index (χ3v) is 5.74. The topological polar surface area (TPSA) is 3.88 Å². The van der Waals surface area contributed by atoms with Crippen molar-refractivity contribution in [2.24, 2.45) is 7.05 Å². The molecule has 5 rings (SSSR count). The molecule has 0 spiro atoms. The van der Waals surface area contributed by atoms with Gasteiger partial charge in [-0.2, -0.15) is 0 Å². The summed E-state index contributed by atoms with van der Waals surface area (Å²) in [6, 6.07) is 24.5. The maximum absolute atomic E-state index is 2.38. The summed E-state index contributed by atoms with van der Waals surface area (Å²) < 4.78 is 2.23. The molecule has 4 aromatic rings. The minimum absolute atomic E-state index is 1.10. The molecular weight excluding hydrogens is 314 g/mol. The number of aryl methyl sites for hydroxylation is 3. The van der Waals surface area contributed by atoms with Gasteiger partial charge in [0.05, 0.1) is 5.56 Å². The van der Waals surface area contributed by atoms with Gasteiger partial charge in [-0.3, -0.25) is 0 Å². The number of hydrogen-bond donors (Lipinski definition) is 0. The average Bonchev–Trinajstić information content (AvgIpc) is 2.67. The van der Waals surface area contributed by atoms with E-state index in [0.717, 1.165) is 12.8 Å². The Morgan fingerprint density at radius 1 is 0.769 bits per heavy atom. The van der Waals surface area contributed by atoms with E-state index in [9.17, 15) is 0 Å². The van der Waals surface area contributed by atoms with Gasteiger partial charge in [-0.25, -0.2) is 4.57 Å². The van der Waals surface area contributed by atoms with E-state index in [0.29, 0.717) is 0 Å². The van der Waals surface area contributed by atoms with E-state index in [1.54, 1.807) is 0 Å². The summed E-state index contributed by atoms with van der Waals surface area (Å²) in [6.07, 6.45) is 4.35. The lowest BCUT2D eigenvalue weighted by Gasteiger charge is -2.24. The highest BCUT2D eigenvalue weighted by Gasteiger charge is 2.24. The Hall–Kier alpha value is -2.93. The van der Waals surface area contributed by atoms with Crippen LogP contribution in [0.3, 0.4) is 0 Å². The molecule has 3 aromatic carbocycles. The first-order valence-electron chi connectivity index (χ1n) is 9.32. The number of benzene rings is 3. The predicted octanol–water partition coefficient (Wildman–Crippen LogP) is 5.41. The van der Waals surface area contributed by atoms with Gasteiger partial charge in [0.2, 0.25) is 5.69 Å². The fraction of sp³-hybridized carbons (Fsp3) is 0.160. The quantitative estimate of drug-likeness (QED) is 0.409. The average molecular weight is 336 g/mol. The lowest BCUT2D eigenvalue weighted by Crippen LogP contribution is -2.30. The van der Waals surface area contributed by atoms with Crippen molar-refractivity contribution in [2.75, 3.05) is 0 Å². The van der Waals surface area contributed by atoms with Crippen LogP contribution in [0.1, 0.15) is 16.7 Å². The molecule has 0 unspecified atom stereocenters. The summed E-state index contributed by atoms with van der Waals surface area (Å²) >= 11 is 0. The lowest BCUT2D eigenvalue weighted by molar-refractivity contribution is -0.660. The van der Waals surface area contributed by atoms with Crippen molar-refractivity contribution in [1.82, 2.24) is 0 Å². The van der Waals surface area contributed by atoms with Crippen molar-refractivity contribution in [2.45, 2.75) is 19.8 Å². The number of aromatic nitrogens is 1. The Balaban J connectivity index is 1.80. The van der Waals surface area contributed by atoms with Gasteiger partial charge >= 0.3 is 0 Å². The highest BCUT2D eigenvalue weighted by atomic mass is 14.9. The number of pyridine rings is 1. The van der Waals surface area contributed by atoms with E-state index in [-0.39, 0.29) is 0 Å². The van der Waals surface area contributed by atoms with E-state index < -0.39 is 0 Å². The first-order valence-corrected chi connectivity index (χ1v) is 9.32. The summed E-state index contributed by atoms with van der Waals surface area (Å²) in [5.41, 5.74) is 9.84. The first-order chi connectivity index (χ1) is 12.7. The summed E-state index contributed by atoms with van der Waals surface area (Å²) in [4.78, 5) is 0. The molecule has 26 heavy (non-hydrogen) atoms. The molecule has 0 bridgehead atoms. The summed E-state index contributed by atoms with van der Waals surface area (Å²) in [5.74, 6) is 0. The fourth-order valence-corrected chi connectivity index (χ4v) is 4.42. The Morgan fingerprint density at radius 3 is 2.35 bits per heavy atom. The van der Waals surface area contributed by atoms with Crippen molar-refractivity contribution in [1.29, 1.82) is 0 Å². The molecule has 1 aliphatic rings. The molecule has 0 fully saturated rings. The fourth-order valence-electron chi connectivity index (χ4n) is 4.42. The highest BCUT2D eigenvalue weighted by Crippen LogP contribution is 2.41. The molecule has 1 nitrogen and oxygen atoms in total. The maximum Gasteiger partial charge on any atom is 0.212 e. The van der Waals surface area contributed by atoms with Gasteiger partial charge in [-0.05, 0) is 70.5 Å². The zero-order chi connectivity index (χ0) is 17.7. The Kier molecular flexibility index (Phi) is 3.43. The van der Waals surface area contributed by atoms with Crippen molar-refractivity contribution >= 4 is 10.8 Å². The molecule has 0 N–H and O–H groups in total. The minimum atomic E-state index is 1.10. The molecule has 0 atom stereocenters. The van der Waals surface area contributed by atoms with Crippen molar-refractivity contribution < 1.29 is 4.57 Å². The SMILES string of the molecule is Cc1ccc2c(c1-c1cccc[n+]1C)CCc1cc3ccccc3cc1-2. The van der Waals surface area contributed by atoms with Gasteiger partial charge in [0.15, 0.2) is 6.20 Å². The van der Waals surface area contributed by atoms with Crippen molar-refractivity contribution in [3.63, 3.8) is 0 Å². The molecule has 0 amide bonds. The molecule has 1 aliphatic carbocycles. The van der Waals surface area contributed by atoms with Crippen LogP contribution in [0.15, 0.2) is 72.9 Å². The summed E-state index contributed by atoms with van der Waals surface area (Å²) in [5, 5.41) is 2.67. The van der Waals surface area contributed by atoms with Gasteiger partial charge in [-0.1, -0.05) is 42.5 Å². The second kappa shape index (κ2) is 5.81. The van der Waals surface area contributed by atoms with Crippen LogP contribution in [-0.4, -0.2) is 0 Å². The zero-order valence-corrected chi connectivity index (χ0v) is 15.3. The largest absolute Gasteiger partial charge is 0.212 e. The third-order valence-electron chi connectivity index (χ3n) is 5.74. The molecule has 0 aliphatic heterocycles. The molecule has 0 radical (unpaired) electrons. The molecule has 1 heterocycles. The number of rotatable bonds is 1. The normalized spacial score (nSPS) is 12.7. The van der Waals surface area contributed by atoms with Crippen LogP contribution in [0, 0.1) is 6.92 Å². The maximum atomic E-state index is 2.38. The first kappa shape index (κ1) is 15.3. The number of fused-ring (bicyclic) bond motifs is 4. The zero-order valence-electron chi connectivity index (χ0n) is 15.3. The second-order valence-corrected chi connectivity index (χ2v) is 7.34. The minimum Gasteiger partial charge on any atom is -0.201 e. The standard InChI is InChI=1S/C25H22N/c1-17-10-12-21-22(25(17)24-9-5-6-14-26(24)2)13-11-20-15-18-7-3-4-8-19(18)16-23(20)21/h3-10,12,14-16H,11,13H2,1-2H3/q+1. The van der Waals surface area contributed by atoms with Gasteiger partial charge < -0.3 is 0 Å². The molecule has 0 saturated heterocycles. The van der Waals surface area contributed by atoms with Crippen LogP contribution in [0.25, 0.3) is 33.2 Å². The molecule has 1 heteroatoms. The van der Waals surface area contributed by atoms with Gasteiger partial charge in [-0.15, -0.1) is 0 Å². The van der Waals surface area contributed by atoms with Crippen LogP contribution >= 0.6 is 0 Å². The van der Waals surface area contributed by atoms with Crippen LogP contribution < -0.4 is 4.57 Å². The molecular formula is C25H22N+. The number of hydrogen-bond acceptors (Lipinski definition) is 0. The lowest BCUT2D eigenvalue weighted by atomic mass is 9.80. The van der Waals surface area contributed by atoms with E-state index in [4.69, 9.17) is 0 Å². The van der Waals surface area contributed by atoms with E-state index in [1.165, 1.54) is 49.8 Å². The van der Waals surface area contributed by atoms with Gasteiger partial charge in [0.1, 0.15) is 7.05 Å².